The molecule has 7 heteroatoms. The summed E-state index contributed by atoms with van der Waals surface area (Å²) in [5.41, 5.74) is 1.17. The molecule has 0 aliphatic heterocycles. The summed E-state index contributed by atoms with van der Waals surface area (Å²) in [4.78, 5) is 12.2. The van der Waals surface area contributed by atoms with Gasteiger partial charge in [0.05, 0.1) is 24.4 Å². The van der Waals surface area contributed by atoms with E-state index >= 15 is 0 Å². The van der Waals surface area contributed by atoms with Crippen LogP contribution in [0.1, 0.15) is 33.1 Å². The first-order chi connectivity index (χ1) is 16.9. The molecule has 0 amide bonds. The Morgan fingerprint density at radius 1 is 0.771 bits per heavy atom. The summed E-state index contributed by atoms with van der Waals surface area (Å²) in [7, 11) is 1.24. The van der Waals surface area contributed by atoms with Crippen molar-refractivity contribution in [3.8, 4) is 11.5 Å². The SMILES string of the molecule is COC(=O)c1ccccc1Oc1ccc(C(F)(F)F)cc1NC(c1ccccc1)c1ccccc1. The van der Waals surface area contributed by atoms with Gasteiger partial charge in [-0.3, -0.25) is 0 Å². The van der Waals surface area contributed by atoms with E-state index < -0.39 is 23.8 Å². The normalized spacial score (nSPS) is 11.2. The van der Waals surface area contributed by atoms with Crippen LogP contribution in [-0.2, 0) is 10.9 Å². The number of alkyl halides is 3. The number of rotatable bonds is 7. The smallest absolute Gasteiger partial charge is 0.416 e. The van der Waals surface area contributed by atoms with E-state index in [0.717, 1.165) is 23.3 Å². The van der Waals surface area contributed by atoms with Crippen molar-refractivity contribution in [3.63, 3.8) is 0 Å². The van der Waals surface area contributed by atoms with E-state index in [2.05, 4.69) is 5.32 Å². The van der Waals surface area contributed by atoms with Crippen LogP contribution in [-0.4, -0.2) is 13.1 Å². The van der Waals surface area contributed by atoms with E-state index in [1.165, 1.54) is 19.2 Å². The molecule has 0 aliphatic carbocycles. The molecule has 0 saturated carbocycles. The molecule has 35 heavy (non-hydrogen) atoms. The fraction of sp³-hybridized carbons (Fsp3) is 0.107. The van der Waals surface area contributed by atoms with Crippen molar-refractivity contribution >= 4 is 11.7 Å². The maximum absolute atomic E-state index is 13.6. The highest BCUT2D eigenvalue weighted by Crippen LogP contribution is 2.40. The van der Waals surface area contributed by atoms with Gasteiger partial charge in [0.2, 0.25) is 0 Å². The summed E-state index contributed by atoms with van der Waals surface area (Å²) >= 11 is 0. The van der Waals surface area contributed by atoms with Gasteiger partial charge in [-0.15, -0.1) is 0 Å². The minimum Gasteiger partial charge on any atom is -0.465 e. The van der Waals surface area contributed by atoms with Crippen molar-refractivity contribution in [1.82, 2.24) is 0 Å². The molecule has 4 rings (SSSR count). The Labute approximate surface area is 200 Å². The third-order valence-electron chi connectivity index (χ3n) is 5.38. The molecule has 1 N–H and O–H groups in total. The Bertz CT molecular complexity index is 1250. The first-order valence-electron chi connectivity index (χ1n) is 10.8. The minimum absolute atomic E-state index is 0.122. The largest absolute Gasteiger partial charge is 0.465 e. The van der Waals surface area contributed by atoms with Crippen LogP contribution >= 0.6 is 0 Å². The number of anilines is 1. The molecule has 4 nitrogen and oxygen atoms in total. The van der Waals surface area contributed by atoms with E-state index in [1.807, 2.05) is 60.7 Å². The van der Waals surface area contributed by atoms with Crippen LogP contribution in [0.15, 0.2) is 103 Å². The zero-order chi connectivity index (χ0) is 24.8. The van der Waals surface area contributed by atoms with Gasteiger partial charge in [0.1, 0.15) is 11.3 Å². The molecule has 0 atom stereocenters. The summed E-state index contributed by atoms with van der Waals surface area (Å²) < 4.78 is 51.6. The van der Waals surface area contributed by atoms with E-state index in [9.17, 15) is 18.0 Å². The fourth-order valence-corrected chi connectivity index (χ4v) is 3.67. The summed E-state index contributed by atoms with van der Waals surface area (Å²) in [5, 5.41) is 3.23. The molecular weight excluding hydrogens is 455 g/mol. The Morgan fingerprint density at radius 2 is 1.34 bits per heavy atom. The number of carbonyl (C=O) groups is 1. The summed E-state index contributed by atoms with van der Waals surface area (Å²) in [6.45, 7) is 0. The van der Waals surface area contributed by atoms with Gasteiger partial charge < -0.3 is 14.8 Å². The molecule has 178 valence electrons. The average Bonchev–Trinajstić information content (AvgIpc) is 2.88. The van der Waals surface area contributed by atoms with E-state index in [1.54, 1.807) is 18.2 Å². The number of ether oxygens (including phenoxy) is 2. The molecule has 0 bridgehead atoms. The molecule has 0 spiro atoms. The highest BCUT2D eigenvalue weighted by molar-refractivity contribution is 5.92. The van der Waals surface area contributed by atoms with E-state index in [0.29, 0.717) is 0 Å². The predicted molar refractivity (Wildman–Crippen MR) is 128 cm³/mol. The van der Waals surface area contributed by atoms with Gasteiger partial charge in [0.25, 0.3) is 0 Å². The lowest BCUT2D eigenvalue weighted by molar-refractivity contribution is -0.137. The lowest BCUT2D eigenvalue weighted by Gasteiger charge is -2.24. The summed E-state index contributed by atoms with van der Waals surface area (Å²) in [6.07, 6.45) is -4.55. The molecule has 0 aliphatic rings. The highest BCUT2D eigenvalue weighted by Gasteiger charge is 2.32. The summed E-state index contributed by atoms with van der Waals surface area (Å²) in [6, 6.07) is 27.9. The van der Waals surface area contributed by atoms with Crippen LogP contribution in [0.3, 0.4) is 0 Å². The quantitative estimate of drug-likeness (QED) is 0.280. The Morgan fingerprint density at radius 3 is 1.91 bits per heavy atom. The molecule has 4 aromatic rings. The Balaban J connectivity index is 1.80. The molecule has 0 saturated heterocycles. The van der Waals surface area contributed by atoms with E-state index in [-0.39, 0.29) is 22.7 Å². The molecular formula is C28H22F3NO3. The summed E-state index contributed by atoms with van der Waals surface area (Å²) in [5.74, 6) is -0.321. The van der Waals surface area contributed by atoms with Crippen molar-refractivity contribution in [2.45, 2.75) is 12.2 Å². The molecule has 0 heterocycles. The molecule has 0 unspecified atom stereocenters. The van der Waals surface area contributed by atoms with Gasteiger partial charge in [-0.1, -0.05) is 72.8 Å². The lowest BCUT2D eigenvalue weighted by Crippen LogP contribution is -2.14. The second-order valence-corrected chi connectivity index (χ2v) is 7.70. The van der Waals surface area contributed by atoms with Crippen molar-refractivity contribution in [2.75, 3.05) is 12.4 Å². The van der Waals surface area contributed by atoms with Gasteiger partial charge >= 0.3 is 12.1 Å². The van der Waals surface area contributed by atoms with Crippen molar-refractivity contribution in [3.05, 3.63) is 125 Å². The van der Waals surface area contributed by atoms with Crippen molar-refractivity contribution in [1.29, 1.82) is 0 Å². The van der Waals surface area contributed by atoms with Gasteiger partial charge in [-0.05, 0) is 41.5 Å². The fourth-order valence-electron chi connectivity index (χ4n) is 3.67. The topological polar surface area (TPSA) is 47.6 Å². The van der Waals surface area contributed by atoms with Gasteiger partial charge in [0.15, 0.2) is 5.75 Å². The Kier molecular flexibility index (Phi) is 7.06. The average molecular weight is 477 g/mol. The monoisotopic (exact) mass is 477 g/mol. The van der Waals surface area contributed by atoms with Crippen molar-refractivity contribution < 1.29 is 27.4 Å². The number of nitrogens with one attached hydrogen (secondary N) is 1. The number of hydrogen-bond donors (Lipinski definition) is 1. The van der Waals surface area contributed by atoms with Crippen LogP contribution in [0, 0.1) is 0 Å². The highest BCUT2D eigenvalue weighted by atomic mass is 19.4. The second kappa shape index (κ2) is 10.3. The molecule has 0 fully saturated rings. The number of methoxy groups -OCH3 is 1. The third kappa shape index (κ3) is 5.63. The first kappa shape index (κ1) is 23.9. The molecule has 0 radical (unpaired) electrons. The number of carbonyl (C=O) groups excluding carboxylic acids is 1. The van der Waals surface area contributed by atoms with Crippen LogP contribution in [0.25, 0.3) is 0 Å². The van der Waals surface area contributed by atoms with Crippen molar-refractivity contribution in [2.24, 2.45) is 0 Å². The maximum Gasteiger partial charge on any atom is 0.416 e. The number of esters is 1. The van der Waals surface area contributed by atoms with Crippen LogP contribution < -0.4 is 10.1 Å². The predicted octanol–water partition coefficient (Wildman–Crippen LogP) is 7.49. The lowest BCUT2D eigenvalue weighted by atomic mass is 9.98. The van der Waals surface area contributed by atoms with Crippen LogP contribution in [0.2, 0.25) is 0 Å². The van der Waals surface area contributed by atoms with Gasteiger partial charge in [-0.2, -0.15) is 13.2 Å². The van der Waals surface area contributed by atoms with Gasteiger partial charge in [0, 0.05) is 0 Å². The van der Waals surface area contributed by atoms with Crippen LogP contribution in [0.4, 0.5) is 18.9 Å². The number of para-hydroxylation sites is 1. The second-order valence-electron chi connectivity index (χ2n) is 7.70. The molecule has 0 aromatic heterocycles. The van der Waals surface area contributed by atoms with Gasteiger partial charge in [-0.25, -0.2) is 4.79 Å². The zero-order valence-electron chi connectivity index (χ0n) is 18.8. The Hall–Kier alpha value is -4.26. The number of hydrogen-bond acceptors (Lipinski definition) is 4. The third-order valence-corrected chi connectivity index (χ3v) is 5.38. The maximum atomic E-state index is 13.6. The minimum atomic E-state index is -4.55. The molecule has 4 aromatic carbocycles. The number of halogens is 3. The standard InChI is InChI=1S/C28H22F3NO3/c1-34-27(33)22-14-8-9-15-24(22)35-25-17-16-21(28(29,30)31)18-23(25)32-26(19-10-4-2-5-11-19)20-12-6-3-7-13-20/h2-18,26,32H,1H3. The van der Waals surface area contributed by atoms with E-state index in [4.69, 9.17) is 9.47 Å². The van der Waals surface area contributed by atoms with Crippen LogP contribution in [0.5, 0.6) is 11.5 Å². The first-order valence-corrected chi connectivity index (χ1v) is 10.8. The number of benzene rings is 4. The zero-order valence-corrected chi connectivity index (χ0v) is 18.8.